The zero-order chi connectivity index (χ0) is 11.5. The second-order valence-electron chi connectivity index (χ2n) is 3.30. The van der Waals surface area contributed by atoms with Crippen molar-refractivity contribution in [1.29, 1.82) is 0 Å². The molecular weight excluding hydrogens is 207 g/mol. The molecule has 1 heterocycles. The lowest BCUT2D eigenvalue weighted by atomic mass is 10.1. The third-order valence-corrected chi connectivity index (χ3v) is 2.17. The van der Waals surface area contributed by atoms with E-state index < -0.39 is 11.9 Å². The predicted octanol–water partition coefficient (Wildman–Crippen LogP) is 2.66. The highest BCUT2D eigenvalue weighted by atomic mass is 19.4. The molecule has 15 heavy (non-hydrogen) atoms. The van der Waals surface area contributed by atoms with Crippen molar-refractivity contribution < 1.29 is 13.2 Å². The van der Waals surface area contributed by atoms with Gasteiger partial charge in [0.1, 0.15) is 0 Å². The van der Waals surface area contributed by atoms with Crippen molar-refractivity contribution in [2.45, 2.75) is 45.8 Å². The summed E-state index contributed by atoms with van der Waals surface area (Å²) in [5.41, 5.74) is -0.635. The number of aryl methyl sites for hydroxylation is 1. The number of nitrogens with zero attached hydrogens (tertiary/aromatic N) is 3. The molecule has 0 radical (unpaired) electrons. The van der Waals surface area contributed by atoms with Gasteiger partial charge < -0.3 is 0 Å². The van der Waals surface area contributed by atoms with Gasteiger partial charge in [0.05, 0.1) is 5.69 Å². The summed E-state index contributed by atoms with van der Waals surface area (Å²) >= 11 is 0. The largest absolute Gasteiger partial charge is 0.437 e. The van der Waals surface area contributed by atoms with E-state index in [1.54, 1.807) is 6.92 Å². The standard InChI is InChI=1S/C9H14F3N3/c1-3-5-6-7-8(9(10,11)12)13-14-15(7)4-2/h3-6H2,1-2H3. The summed E-state index contributed by atoms with van der Waals surface area (Å²) in [5, 5.41) is 6.70. The molecule has 0 amide bonds. The summed E-state index contributed by atoms with van der Waals surface area (Å²) in [6, 6.07) is 0. The number of hydrogen-bond acceptors (Lipinski definition) is 2. The topological polar surface area (TPSA) is 30.7 Å². The maximum Gasteiger partial charge on any atom is 0.437 e. The van der Waals surface area contributed by atoms with Gasteiger partial charge in [0, 0.05) is 6.54 Å². The highest BCUT2D eigenvalue weighted by Crippen LogP contribution is 2.30. The van der Waals surface area contributed by atoms with Crippen LogP contribution >= 0.6 is 0 Å². The van der Waals surface area contributed by atoms with Crippen molar-refractivity contribution in [3.05, 3.63) is 11.4 Å². The van der Waals surface area contributed by atoms with Crippen LogP contribution in [-0.2, 0) is 19.1 Å². The van der Waals surface area contributed by atoms with Gasteiger partial charge in [-0.3, -0.25) is 0 Å². The Kier molecular flexibility index (Phi) is 3.71. The van der Waals surface area contributed by atoms with E-state index >= 15 is 0 Å². The third-order valence-electron chi connectivity index (χ3n) is 2.17. The van der Waals surface area contributed by atoms with Crippen LogP contribution in [0.3, 0.4) is 0 Å². The molecule has 1 aromatic heterocycles. The Hall–Kier alpha value is -1.07. The van der Waals surface area contributed by atoms with E-state index in [0.29, 0.717) is 13.0 Å². The highest BCUT2D eigenvalue weighted by molar-refractivity contribution is 5.13. The van der Waals surface area contributed by atoms with Gasteiger partial charge in [0.25, 0.3) is 0 Å². The van der Waals surface area contributed by atoms with Crippen molar-refractivity contribution in [3.8, 4) is 0 Å². The van der Waals surface area contributed by atoms with Gasteiger partial charge in [-0.05, 0) is 19.8 Å². The minimum Gasteiger partial charge on any atom is -0.249 e. The van der Waals surface area contributed by atoms with Gasteiger partial charge in [0.2, 0.25) is 0 Å². The molecule has 0 unspecified atom stereocenters. The first-order chi connectivity index (χ1) is 7.00. The molecule has 0 N–H and O–H groups in total. The molecule has 0 atom stereocenters. The Labute approximate surface area is 86.3 Å². The molecule has 0 bridgehead atoms. The number of alkyl halides is 3. The van der Waals surface area contributed by atoms with Gasteiger partial charge >= 0.3 is 6.18 Å². The first-order valence-electron chi connectivity index (χ1n) is 5.00. The van der Waals surface area contributed by atoms with E-state index in [-0.39, 0.29) is 5.69 Å². The average Bonchev–Trinajstić information content (AvgIpc) is 2.56. The molecule has 86 valence electrons. The minimum absolute atomic E-state index is 0.201. The molecule has 0 aromatic carbocycles. The monoisotopic (exact) mass is 221 g/mol. The van der Waals surface area contributed by atoms with Crippen LogP contribution in [0.2, 0.25) is 0 Å². The average molecular weight is 221 g/mol. The van der Waals surface area contributed by atoms with E-state index in [9.17, 15) is 13.2 Å². The molecule has 0 aliphatic carbocycles. The number of rotatable bonds is 4. The number of unbranched alkanes of at least 4 members (excludes halogenated alkanes) is 1. The number of halogens is 3. The fourth-order valence-electron chi connectivity index (χ4n) is 1.40. The van der Waals surface area contributed by atoms with E-state index in [1.165, 1.54) is 4.68 Å². The van der Waals surface area contributed by atoms with Crippen molar-refractivity contribution in [3.63, 3.8) is 0 Å². The van der Waals surface area contributed by atoms with Crippen LogP contribution in [-0.4, -0.2) is 15.0 Å². The first-order valence-corrected chi connectivity index (χ1v) is 5.00. The van der Waals surface area contributed by atoms with Gasteiger partial charge in [-0.2, -0.15) is 13.2 Å². The molecule has 0 spiro atoms. The fourth-order valence-corrected chi connectivity index (χ4v) is 1.40. The summed E-state index contributed by atoms with van der Waals surface area (Å²) < 4.78 is 38.8. The van der Waals surface area contributed by atoms with Gasteiger partial charge in [-0.1, -0.05) is 18.6 Å². The molecule has 0 fully saturated rings. The summed E-state index contributed by atoms with van der Waals surface area (Å²) in [4.78, 5) is 0. The Morgan fingerprint density at radius 3 is 2.40 bits per heavy atom. The summed E-state index contributed by atoms with van der Waals surface area (Å²) in [7, 11) is 0. The zero-order valence-corrected chi connectivity index (χ0v) is 8.80. The lowest BCUT2D eigenvalue weighted by molar-refractivity contribution is -0.141. The SMILES string of the molecule is CCCCc1c(C(F)(F)F)nnn1CC. The molecule has 6 heteroatoms. The molecule has 0 saturated heterocycles. The van der Waals surface area contributed by atoms with Crippen LogP contribution in [0.4, 0.5) is 13.2 Å². The van der Waals surface area contributed by atoms with Gasteiger partial charge in [-0.15, -0.1) is 5.10 Å². The van der Waals surface area contributed by atoms with Crippen LogP contribution in [0.25, 0.3) is 0 Å². The van der Waals surface area contributed by atoms with Crippen LogP contribution in [0.15, 0.2) is 0 Å². The molecule has 0 saturated carbocycles. The van der Waals surface area contributed by atoms with Crippen molar-refractivity contribution in [1.82, 2.24) is 15.0 Å². The Balaban J connectivity index is 3.00. The quantitative estimate of drug-likeness (QED) is 0.782. The highest BCUT2D eigenvalue weighted by Gasteiger charge is 2.37. The Morgan fingerprint density at radius 1 is 1.27 bits per heavy atom. The maximum atomic E-state index is 12.5. The van der Waals surface area contributed by atoms with Gasteiger partial charge in [-0.25, -0.2) is 4.68 Å². The fraction of sp³-hybridized carbons (Fsp3) is 0.778. The number of aromatic nitrogens is 3. The van der Waals surface area contributed by atoms with Crippen LogP contribution in [0.1, 0.15) is 38.1 Å². The van der Waals surface area contributed by atoms with Crippen molar-refractivity contribution in [2.24, 2.45) is 0 Å². The van der Waals surface area contributed by atoms with Gasteiger partial charge in [0.15, 0.2) is 5.69 Å². The molecule has 1 rings (SSSR count). The normalized spacial score (nSPS) is 12.1. The molecular formula is C9H14F3N3. The van der Waals surface area contributed by atoms with E-state index in [4.69, 9.17) is 0 Å². The lowest BCUT2D eigenvalue weighted by Crippen LogP contribution is -2.11. The summed E-state index contributed by atoms with van der Waals surface area (Å²) in [6.45, 7) is 4.11. The van der Waals surface area contributed by atoms with E-state index in [2.05, 4.69) is 10.3 Å². The van der Waals surface area contributed by atoms with E-state index in [0.717, 1.165) is 12.8 Å². The first kappa shape index (κ1) is 12.0. The molecule has 0 aliphatic heterocycles. The summed E-state index contributed by atoms with van der Waals surface area (Å²) in [6.07, 6.45) is -2.44. The van der Waals surface area contributed by atoms with Crippen LogP contribution in [0, 0.1) is 0 Å². The second-order valence-corrected chi connectivity index (χ2v) is 3.30. The van der Waals surface area contributed by atoms with Crippen LogP contribution < -0.4 is 0 Å². The zero-order valence-electron chi connectivity index (χ0n) is 8.80. The summed E-state index contributed by atoms with van der Waals surface area (Å²) in [5.74, 6) is 0. The Morgan fingerprint density at radius 2 is 1.93 bits per heavy atom. The lowest BCUT2D eigenvalue weighted by Gasteiger charge is -2.07. The van der Waals surface area contributed by atoms with E-state index in [1.807, 2.05) is 6.92 Å². The van der Waals surface area contributed by atoms with Crippen LogP contribution in [0.5, 0.6) is 0 Å². The van der Waals surface area contributed by atoms with Crippen molar-refractivity contribution in [2.75, 3.05) is 0 Å². The maximum absolute atomic E-state index is 12.5. The second kappa shape index (κ2) is 4.63. The third kappa shape index (κ3) is 2.70. The molecule has 3 nitrogen and oxygen atoms in total. The molecule has 0 aliphatic rings. The number of hydrogen-bond donors (Lipinski definition) is 0. The Bertz CT molecular complexity index is 317. The molecule has 1 aromatic rings. The van der Waals surface area contributed by atoms with Crippen molar-refractivity contribution >= 4 is 0 Å². The predicted molar refractivity (Wildman–Crippen MR) is 49.3 cm³/mol. The smallest absolute Gasteiger partial charge is 0.249 e. The minimum atomic E-state index is -4.39.